The quantitative estimate of drug-likeness (QED) is 0.419. The van der Waals surface area contributed by atoms with Crippen LogP contribution in [0.2, 0.25) is 0 Å². The monoisotopic (exact) mass is 269 g/mol. The van der Waals surface area contributed by atoms with Crippen molar-refractivity contribution in [1.29, 1.82) is 0 Å². The molecule has 6 nitrogen and oxygen atoms in total. The van der Waals surface area contributed by atoms with Gasteiger partial charge < -0.3 is 25.7 Å². The zero-order valence-electron chi connectivity index (χ0n) is 10.5. The van der Waals surface area contributed by atoms with E-state index in [1.54, 1.807) is 24.3 Å². The first kappa shape index (κ1) is 15.6. The largest absolute Gasteiger partial charge is 0.481 e. The summed E-state index contributed by atoms with van der Waals surface area (Å²) in [5, 5.41) is 39.0. The normalized spacial score (nSPS) is 11.5. The van der Waals surface area contributed by atoms with Crippen LogP contribution in [0.15, 0.2) is 24.3 Å². The standard InChI is InChI=1S/C13H19NO5/c15-7-13(8-16,9-17)14-6-11-3-1-10(2-4-11)5-12(18)19/h1-4,14-17H,5-9H2,(H,18,19). The molecule has 106 valence electrons. The van der Waals surface area contributed by atoms with Crippen molar-refractivity contribution in [2.75, 3.05) is 19.8 Å². The summed E-state index contributed by atoms with van der Waals surface area (Å²) in [6, 6.07) is 6.96. The van der Waals surface area contributed by atoms with E-state index in [2.05, 4.69) is 5.32 Å². The molecule has 1 rings (SSSR count). The predicted octanol–water partition coefficient (Wildman–Crippen LogP) is -0.881. The van der Waals surface area contributed by atoms with Crippen molar-refractivity contribution in [2.24, 2.45) is 0 Å². The van der Waals surface area contributed by atoms with Gasteiger partial charge >= 0.3 is 5.97 Å². The van der Waals surface area contributed by atoms with Crippen LogP contribution in [0, 0.1) is 0 Å². The minimum absolute atomic E-state index is 0.0262. The Labute approximate surface area is 111 Å². The highest BCUT2D eigenvalue weighted by Gasteiger charge is 2.26. The van der Waals surface area contributed by atoms with Crippen LogP contribution in [0.25, 0.3) is 0 Å². The molecule has 0 spiro atoms. The number of carboxylic acid groups (broad SMARTS) is 1. The number of aliphatic hydroxyl groups is 3. The molecule has 0 radical (unpaired) electrons. The van der Waals surface area contributed by atoms with Gasteiger partial charge in [-0.25, -0.2) is 0 Å². The van der Waals surface area contributed by atoms with Gasteiger partial charge in [-0.1, -0.05) is 24.3 Å². The summed E-state index contributed by atoms with van der Waals surface area (Å²) in [6.45, 7) is -0.777. The van der Waals surface area contributed by atoms with E-state index in [0.717, 1.165) is 5.56 Å². The topological polar surface area (TPSA) is 110 Å². The second kappa shape index (κ2) is 7.20. The Bertz CT molecular complexity index is 392. The minimum Gasteiger partial charge on any atom is -0.481 e. The van der Waals surface area contributed by atoms with E-state index in [1.165, 1.54) is 0 Å². The highest BCUT2D eigenvalue weighted by atomic mass is 16.4. The first-order valence-corrected chi connectivity index (χ1v) is 5.92. The van der Waals surface area contributed by atoms with Crippen LogP contribution in [-0.2, 0) is 17.8 Å². The molecule has 0 bridgehead atoms. The molecule has 6 heteroatoms. The number of nitrogens with one attached hydrogen (secondary N) is 1. The lowest BCUT2D eigenvalue weighted by Gasteiger charge is -2.28. The van der Waals surface area contributed by atoms with Gasteiger partial charge in [-0.3, -0.25) is 4.79 Å². The van der Waals surface area contributed by atoms with Crippen molar-refractivity contribution in [2.45, 2.75) is 18.5 Å². The van der Waals surface area contributed by atoms with Crippen molar-refractivity contribution in [3.05, 3.63) is 35.4 Å². The minimum atomic E-state index is -1.11. The molecule has 0 amide bonds. The number of benzene rings is 1. The molecule has 1 aromatic rings. The van der Waals surface area contributed by atoms with E-state index >= 15 is 0 Å². The Morgan fingerprint density at radius 1 is 1.00 bits per heavy atom. The van der Waals surface area contributed by atoms with E-state index in [4.69, 9.17) is 20.4 Å². The third-order valence-electron chi connectivity index (χ3n) is 2.95. The molecule has 0 aliphatic heterocycles. The van der Waals surface area contributed by atoms with Gasteiger partial charge in [-0.2, -0.15) is 0 Å². The Morgan fingerprint density at radius 3 is 1.89 bits per heavy atom. The number of hydrogen-bond acceptors (Lipinski definition) is 5. The van der Waals surface area contributed by atoms with E-state index < -0.39 is 11.5 Å². The van der Waals surface area contributed by atoms with Crippen LogP contribution in [0.4, 0.5) is 0 Å². The summed E-state index contributed by atoms with van der Waals surface area (Å²) in [4.78, 5) is 10.5. The van der Waals surface area contributed by atoms with Crippen molar-refractivity contribution in [1.82, 2.24) is 5.32 Å². The number of carboxylic acids is 1. The van der Waals surface area contributed by atoms with Crippen LogP contribution in [0.1, 0.15) is 11.1 Å². The molecule has 1 aromatic carbocycles. The Balaban J connectivity index is 2.60. The maximum Gasteiger partial charge on any atom is 0.307 e. The molecule has 0 aliphatic rings. The van der Waals surface area contributed by atoms with Gasteiger partial charge in [0, 0.05) is 6.54 Å². The van der Waals surface area contributed by atoms with Gasteiger partial charge in [0.15, 0.2) is 0 Å². The highest BCUT2D eigenvalue weighted by Crippen LogP contribution is 2.08. The number of hydrogen-bond donors (Lipinski definition) is 5. The van der Waals surface area contributed by atoms with Crippen LogP contribution in [0.3, 0.4) is 0 Å². The molecular formula is C13H19NO5. The fourth-order valence-corrected chi connectivity index (χ4v) is 1.56. The van der Waals surface area contributed by atoms with Crippen molar-refractivity contribution in [3.8, 4) is 0 Å². The average Bonchev–Trinajstić information content (AvgIpc) is 2.42. The fraction of sp³-hybridized carbons (Fsp3) is 0.462. The molecule has 0 saturated carbocycles. The van der Waals surface area contributed by atoms with Crippen LogP contribution < -0.4 is 5.32 Å². The van der Waals surface area contributed by atoms with Gasteiger partial charge in [0.1, 0.15) is 0 Å². The second-order valence-corrected chi connectivity index (χ2v) is 4.50. The molecule has 0 atom stereocenters. The lowest BCUT2D eigenvalue weighted by molar-refractivity contribution is -0.136. The number of aliphatic carboxylic acids is 1. The van der Waals surface area contributed by atoms with Crippen LogP contribution in [0.5, 0.6) is 0 Å². The average molecular weight is 269 g/mol. The van der Waals surface area contributed by atoms with Gasteiger partial charge in [0.25, 0.3) is 0 Å². The van der Waals surface area contributed by atoms with Crippen molar-refractivity contribution in [3.63, 3.8) is 0 Å². The summed E-state index contributed by atoms with van der Waals surface area (Å²) in [6.07, 6.45) is -0.0262. The molecule has 0 saturated heterocycles. The van der Waals surface area contributed by atoms with Gasteiger partial charge in [0.2, 0.25) is 0 Å². The first-order valence-electron chi connectivity index (χ1n) is 5.92. The van der Waals surface area contributed by atoms with Crippen molar-refractivity contribution < 1.29 is 25.2 Å². The molecule has 0 aromatic heterocycles. The Kier molecular flexibility index (Phi) is 5.91. The third kappa shape index (κ3) is 4.60. The fourth-order valence-electron chi connectivity index (χ4n) is 1.56. The third-order valence-corrected chi connectivity index (χ3v) is 2.95. The number of carbonyl (C=O) groups is 1. The van der Waals surface area contributed by atoms with Gasteiger partial charge in [-0.15, -0.1) is 0 Å². The van der Waals surface area contributed by atoms with Crippen molar-refractivity contribution >= 4 is 5.97 Å². The zero-order valence-corrected chi connectivity index (χ0v) is 10.5. The highest BCUT2D eigenvalue weighted by molar-refractivity contribution is 5.70. The van der Waals surface area contributed by atoms with Crippen LogP contribution >= 0.6 is 0 Å². The molecule has 5 N–H and O–H groups in total. The molecule has 0 heterocycles. The predicted molar refractivity (Wildman–Crippen MR) is 68.6 cm³/mol. The summed E-state index contributed by atoms with van der Waals surface area (Å²) in [5.41, 5.74) is 0.461. The molecule has 0 unspecified atom stereocenters. The lowest BCUT2D eigenvalue weighted by Crippen LogP contribution is -2.54. The van der Waals surface area contributed by atoms with E-state index in [9.17, 15) is 4.79 Å². The van der Waals surface area contributed by atoms with Crippen LogP contribution in [-0.4, -0.2) is 51.8 Å². The molecule has 0 fully saturated rings. The number of rotatable bonds is 8. The molecule has 0 aliphatic carbocycles. The summed E-state index contributed by atoms with van der Waals surface area (Å²) >= 11 is 0. The van der Waals surface area contributed by atoms with Gasteiger partial charge in [0.05, 0.1) is 31.8 Å². The second-order valence-electron chi connectivity index (χ2n) is 4.50. The first-order chi connectivity index (χ1) is 9.05. The van der Waals surface area contributed by atoms with E-state index in [1.807, 2.05) is 0 Å². The number of aliphatic hydroxyl groups excluding tert-OH is 3. The molecule has 19 heavy (non-hydrogen) atoms. The smallest absolute Gasteiger partial charge is 0.307 e. The lowest BCUT2D eigenvalue weighted by atomic mass is 10.0. The van der Waals surface area contributed by atoms with Gasteiger partial charge in [-0.05, 0) is 11.1 Å². The molecular weight excluding hydrogens is 250 g/mol. The van der Waals surface area contributed by atoms with E-state index in [0.29, 0.717) is 12.1 Å². The maximum atomic E-state index is 10.5. The SMILES string of the molecule is O=C(O)Cc1ccc(CNC(CO)(CO)CO)cc1. The summed E-state index contributed by atoms with van der Waals surface area (Å²) < 4.78 is 0. The van der Waals surface area contributed by atoms with E-state index in [-0.39, 0.29) is 26.2 Å². The Hall–Kier alpha value is -1.47. The maximum absolute atomic E-state index is 10.5. The zero-order chi connectivity index (χ0) is 14.3. The Morgan fingerprint density at radius 2 is 1.47 bits per heavy atom. The summed E-state index contributed by atoms with van der Waals surface area (Å²) in [5.74, 6) is -0.884. The summed E-state index contributed by atoms with van der Waals surface area (Å²) in [7, 11) is 0.